The van der Waals surface area contributed by atoms with Gasteiger partial charge in [0.1, 0.15) is 11.2 Å². The monoisotopic (exact) mass is 340 g/mol. The minimum absolute atomic E-state index is 0.146. The molecular weight excluding hydrogens is 304 g/mol. The van der Waals surface area contributed by atoms with Crippen molar-refractivity contribution < 1.29 is 19.1 Å². The smallest absolute Gasteiger partial charge is 0.309 e. The molecule has 0 heterocycles. The normalized spacial score (nSPS) is 22.1. The topological polar surface area (TPSA) is 52.6 Å². The van der Waals surface area contributed by atoms with E-state index in [0.717, 1.165) is 44.9 Å². The first-order valence-corrected chi connectivity index (χ1v) is 9.68. The Hall–Kier alpha value is -1.06. The first-order chi connectivity index (χ1) is 11.2. The highest BCUT2D eigenvalue weighted by Gasteiger charge is 2.37. The van der Waals surface area contributed by atoms with Gasteiger partial charge in [0.25, 0.3) is 0 Å². The summed E-state index contributed by atoms with van der Waals surface area (Å²) < 4.78 is 11.5. The molecule has 1 saturated carbocycles. The van der Waals surface area contributed by atoms with E-state index in [1.807, 2.05) is 41.5 Å². The first kappa shape index (κ1) is 21.0. The minimum Gasteiger partial charge on any atom is -0.459 e. The van der Waals surface area contributed by atoms with Crippen LogP contribution in [0.2, 0.25) is 0 Å². The molecule has 2 atom stereocenters. The van der Waals surface area contributed by atoms with Gasteiger partial charge >= 0.3 is 11.9 Å². The van der Waals surface area contributed by atoms with Gasteiger partial charge in [0, 0.05) is 0 Å². The Morgan fingerprint density at radius 1 is 0.792 bits per heavy atom. The van der Waals surface area contributed by atoms with E-state index in [1.54, 1.807) is 0 Å². The average Bonchev–Trinajstić information content (AvgIpc) is 2.61. The van der Waals surface area contributed by atoms with Crippen LogP contribution < -0.4 is 0 Å². The summed E-state index contributed by atoms with van der Waals surface area (Å²) in [7, 11) is 0. The summed E-state index contributed by atoms with van der Waals surface area (Å²) in [5.41, 5.74) is -0.791. The van der Waals surface area contributed by atoms with E-state index in [-0.39, 0.29) is 23.8 Å². The second-order valence-electron chi connectivity index (χ2n) is 7.72. The molecule has 0 bridgehead atoms. The van der Waals surface area contributed by atoms with Crippen molar-refractivity contribution in [1.29, 1.82) is 0 Å². The molecule has 1 aliphatic carbocycles. The number of carbonyl (C=O) groups excluding carboxylic acids is 2. The molecule has 4 heteroatoms. The molecule has 0 saturated heterocycles. The lowest BCUT2D eigenvalue weighted by Gasteiger charge is -2.34. The van der Waals surface area contributed by atoms with Crippen LogP contribution >= 0.6 is 0 Å². The molecule has 4 nitrogen and oxygen atoms in total. The summed E-state index contributed by atoms with van der Waals surface area (Å²) in [5, 5.41) is 0. The largest absolute Gasteiger partial charge is 0.459 e. The third-order valence-corrected chi connectivity index (χ3v) is 6.03. The van der Waals surface area contributed by atoms with Gasteiger partial charge in [-0.2, -0.15) is 0 Å². The molecular formula is C20H36O4. The molecule has 0 spiro atoms. The van der Waals surface area contributed by atoms with Gasteiger partial charge in [0.15, 0.2) is 0 Å². The molecule has 0 radical (unpaired) electrons. The van der Waals surface area contributed by atoms with Crippen LogP contribution in [0.5, 0.6) is 0 Å². The van der Waals surface area contributed by atoms with Gasteiger partial charge in [-0.3, -0.25) is 9.59 Å². The van der Waals surface area contributed by atoms with Gasteiger partial charge in [0.2, 0.25) is 0 Å². The zero-order chi connectivity index (χ0) is 18.4. The standard InChI is InChI=1S/C20H36O4/c1-7-19(5,8-2)23-17(21)15-12-11-13-16(14-15)18(22)24-20(6,9-3)10-4/h15-16H,7-14H2,1-6H3. The summed E-state index contributed by atoms with van der Waals surface area (Å²) in [4.78, 5) is 25.0. The van der Waals surface area contributed by atoms with Crippen molar-refractivity contribution in [3.8, 4) is 0 Å². The number of esters is 2. The van der Waals surface area contributed by atoms with Crippen LogP contribution in [0.3, 0.4) is 0 Å². The summed E-state index contributed by atoms with van der Waals surface area (Å²) in [6.07, 6.45) is 6.28. The van der Waals surface area contributed by atoms with Crippen LogP contribution in [0.4, 0.5) is 0 Å². The Balaban J connectivity index is 2.66. The number of carbonyl (C=O) groups is 2. The number of hydrogen-bond acceptors (Lipinski definition) is 4. The lowest BCUT2D eigenvalue weighted by Crippen LogP contribution is -2.38. The molecule has 0 aliphatic heterocycles. The Morgan fingerprint density at radius 3 is 1.42 bits per heavy atom. The van der Waals surface area contributed by atoms with E-state index in [4.69, 9.17) is 9.47 Å². The van der Waals surface area contributed by atoms with Crippen LogP contribution in [0.1, 0.15) is 92.9 Å². The van der Waals surface area contributed by atoms with Crippen molar-refractivity contribution in [2.24, 2.45) is 11.8 Å². The SMILES string of the molecule is CCC(C)(CC)OC(=O)C1CCCC(C(=O)OC(C)(CC)CC)C1. The lowest BCUT2D eigenvalue weighted by atomic mass is 9.81. The van der Waals surface area contributed by atoms with Crippen LogP contribution in [0.15, 0.2) is 0 Å². The van der Waals surface area contributed by atoms with Crippen LogP contribution in [-0.4, -0.2) is 23.1 Å². The van der Waals surface area contributed by atoms with Crippen molar-refractivity contribution in [2.45, 2.75) is 104 Å². The Labute approximate surface area is 147 Å². The van der Waals surface area contributed by atoms with Gasteiger partial charge in [-0.1, -0.05) is 34.1 Å². The highest BCUT2D eigenvalue weighted by atomic mass is 16.6. The minimum atomic E-state index is -0.395. The number of rotatable bonds is 8. The molecule has 1 fully saturated rings. The quantitative estimate of drug-likeness (QED) is 0.581. The predicted molar refractivity (Wildman–Crippen MR) is 95.6 cm³/mol. The summed E-state index contributed by atoms with van der Waals surface area (Å²) in [6.45, 7) is 12.1. The van der Waals surface area contributed by atoms with Crippen molar-refractivity contribution >= 4 is 11.9 Å². The average molecular weight is 341 g/mol. The summed E-state index contributed by atoms with van der Waals surface area (Å²) in [6, 6.07) is 0. The molecule has 0 N–H and O–H groups in total. The zero-order valence-electron chi connectivity index (χ0n) is 16.4. The van der Waals surface area contributed by atoms with E-state index < -0.39 is 11.2 Å². The van der Waals surface area contributed by atoms with E-state index >= 15 is 0 Å². The van der Waals surface area contributed by atoms with Gasteiger partial charge < -0.3 is 9.47 Å². The maximum Gasteiger partial charge on any atom is 0.309 e. The van der Waals surface area contributed by atoms with E-state index in [0.29, 0.717) is 6.42 Å². The Bertz CT molecular complexity index is 383. The maximum absolute atomic E-state index is 12.5. The maximum atomic E-state index is 12.5. The van der Waals surface area contributed by atoms with E-state index in [9.17, 15) is 9.59 Å². The predicted octanol–water partition coefficient (Wildman–Crippen LogP) is 5.04. The second kappa shape index (κ2) is 8.87. The van der Waals surface area contributed by atoms with Gasteiger partial charge in [-0.05, 0) is 58.8 Å². The third kappa shape index (κ3) is 5.49. The number of ether oxygens (including phenoxy) is 2. The molecule has 1 aliphatic rings. The van der Waals surface area contributed by atoms with Crippen LogP contribution in [-0.2, 0) is 19.1 Å². The second-order valence-corrected chi connectivity index (χ2v) is 7.72. The van der Waals surface area contributed by atoms with Crippen molar-refractivity contribution in [1.82, 2.24) is 0 Å². The van der Waals surface area contributed by atoms with Crippen molar-refractivity contribution in [2.75, 3.05) is 0 Å². The lowest BCUT2D eigenvalue weighted by molar-refractivity contribution is -0.170. The molecule has 2 unspecified atom stereocenters. The highest BCUT2D eigenvalue weighted by molar-refractivity contribution is 5.77. The Morgan fingerprint density at radius 2 is 1.12 bits per heavy atom. The molecule has 0 amide bonds. The first-order valence-electron chi connectivity index (χ1n) is 9.68. The molecule has 0 aromatic heterocycles. The van der Waals surface area contributed by atoms with Gasteiger partial charge in [-0.25, -0.2) is 0 Å². The van der Waals surface area contributed by atoms with Crippen LogP contribution in [0.25, 0.3) is 0 Å². The molecule has 1 rings (SSSR count). The van der Waals surface area contributed by atoms with Gasteiger partial charge in [0.05, 0.1) is 11.8 Å². The fourth-order valence-electron chi connectivity index (χ4n) is 3.06. The Kier molecular flexibility index (Phi) is 7.75. The summed E-state index contributed by atoms with van der Waals surface area (Å²) in [5.74, 6) is -0.647. The fraction of sp³-hybridized carbons (Fsp3) is 0.900. The molecule has 0 aromatic rings. The third-order valence-electron chi connectivity index (χ3n) is 6.03. The summed E-state index contributed by atoms with van der Waals surface area (Å²) >= 11 is 0. The fourth-order valence-corrected chi connectivity index (χ4v) is 3.06. The molecule has 140 valence electrons. The molecule has 0 aromatic carbocycles. The van der Waals surface area contributed by atoms with Crippen molar-refractivity contribution in [3.63, 3.8) is 0 Å². The van der Waals surface area contributed by atoms with Crippen LogP contribution in [0, 0.1) is 11.8 Å². The van der Waals surface area contributed by atoms with E-state index in [1.165, 1.54) is 0 Å². The highest BCUT2D eigenvalue weighted by Crippen LogP contribution is 2.34. The van der Waals surface area contributed by atoms with Gasteiger partial charge in [-0.15, -0.1) is 0 Å². The van der Waals surface area contributed by atoms with E-state index in [2.05, 4.69) is 0 Å². The van der Waals surface area contributed by atoms with Crippen molar-refractivity contribution in [3.05, 3.63) is 0 Å². The zero-order valence-corrected chi connectivity index (χ0v) is 16.4. The number of hydrogen-bond donors (Lipinski definition) is 0. The molecule has 24 heavy (non-hydrogen) atoms.